The fraction of sp³-hybridized carbons (Fsp3) is 0.611. The number of carboxylic acid groups (broad SMARTS) is 1. The number of rotatable bonds is 5. The Morgan fingerprint density at radius 1 is 1.33 bits per heavy atom. The molecule has 0 spiro atoms. The van der Waals surface area contributed by atoms with Crippen molar-refractivity contribution in [1.82, 2.24) is 5.32 Å². The Bertz CT molecular complexity index is 616. The van der Waals surface area contributed by atoms with Crippen LogP contribution < -0.4 is 5.32 Å². The molecule has 2 fully saturated rings. The Hall–Kier alpha value is -1.53. The van der Waals surface area contributed by atoms with Gasteiger partial charge in [0.2, 0.25) is 5.92 Å². The first kappa shape index (κ1) is 17.3. The van der Waals surface area contributed by atoms with E-state index in [1.807, 2.05) is 0 Å². The molecule has 0 bridgehead atoms. The number of hydrogen-bond donors (Lipinski definition) is 3. The third kappa shape index (κ3) is 3.17. The maximum atomic E-state index is 13.6. The number of benzene rings is 1. The summed E-state index contributed by atoms with van der Waals surface area (Å²) >= 11 is 0. The molecule has 24 heavy (non-hydrogen) atoms. The molecule has 6 heteroatoms. The van der Waals surface area contributed by atoms with E-state index in [1.54, 1.807) is 24.3 Å². The Labute approximate surface area is 139 Å². The van der Waals surface area contributed by atoms with Gasteiger partial charge in [0.05, 0.1) is 0 Å². The van der Waals surface area contributed by atoms with Crippen LogP contribution in [0.5, 0.6) is 0 Å². The molecule has 1 aromatic rings. The standard InChI is InChI=1S/C18H23F2NO3/c19-17(20)7-5-14(10-17)18(24,16(22)23)15-4-2-1-3-13(15)9-12-6-8-21-11-12/h1-4,12,14,21,24H,5-11H2,(H,22,23)/t12-,14-,18-/m1/s1. The molecule has 1 aromatic carbocycles. The monoisotopic (exact) mass is 339 g/mol. The average molecular weight is 339 g/mol. The van der Waals surface area contributed by atoms with Crippen LogP contribution in [0.2, 0.25) is 0 Å². The van der Waals surface area contributed by atoms with Crippen LogP contribution in [0.15, 0.2) is 24.3 Å². The van der Waals surface area contributed by atoms with Gasteiger partial charge in [-0.2, -0.15) is 0 Å². The third-order valence-corrected chi connectivity index (χ3v) is 5.42. The van der Waals surface area contributed by atoms with Crippen molar-refractivity contribution in [2.24, 2.45) is 11.8 Å². The summed E-state index contributed by atoms with van der Waals surface area (Å²) in [5, 5.41) is 24.0. The van der Waals surface area contributed by atoms with Crippen LogP contribution in [-0.4, -0.2) is 35.2 Å². The molecule has 1 aliphatic heterocycles. The van der Waals surface area contributed by atoms with Crippen molar-refractivity contribution in [2.75, 3.05) is 13.1 Å². The fourth-order valence-electron chi connectivity index (χ4n) is 4.09. The lowest BCUT2D eigenvalue weighted by Gasteiger charge is -2.32. The highest BCUT2D eigenvalue weighted by Crippen LogP contribution is 2.48. The molecular weight excluding hydrogens is 316 g/mol. The molecule has 0 aromatic heterocycles. The van der Waals surface area contributed by atoms with E-state index in [0.29, 0.717) is 12.3 Å². The van der Waals surface area contributed by atoms with Crippen LogP contribution in [0.3, 0.4) is 0 Å². The van der Waals surface area contributed by atoms with E-state index in [-0.39, 0.29) is 18.4 Å². The number of alkyl halides is 2. The van der Waals surface area contributed by atoms with Gasteiger partial charge in [-0.1, -0.05) is 24.3 Å². The molecule has 1 aliphatic carbocycles. The summed E-state index contributed by atoms with van der Waals surface area (Å²) in [7, 11) is 0. The highest BCUT2D eigenvalue weighted by atomic mass is 19.3. The van der Waals surface area contributed by atoms with Crippen molar-refractivity contribution >= 4 is 5.97 Å². The molecule has 3 rings (SSSR count). The van der Waals surface area contributed by atoms with Crippen molar-refractivity contribution in [2.45, 2.75) is 43.6 Å². The molecular formula is C18H23F2NO3. The van der Waals surface area contributed by atoms with Gasteiger partial charge in [-0.05, 0) is 49.4 Å². The predicted octanol–water partition coefficient (Wildman–Crippen LogP) is 2.55. The molecule has 3 atom stereocenters. The highest BCUT2D eigenvalue weighted by Gasteiger charge is 2.54. The van der Waals surface area contributed by atoms with Gasteiger partial charge in [-0.25, -0.2) is 13.6 Å². The van der Waals surface area contributed by atoms with Crippen LogP contribution >= 0.6 is 0 Å². The summed E-state index contributed by atoms with van der Waals surface area (Å²) in [4.78, 5) is 11.9. The SMILES string of the molecule is O=C(O)[C@](O)(c1ccccc1C[C@H]1CCNC1)[C@@H]1CCC(F)(F)C1. The normalized spacial score (nSPS) is 28.6. The maximum absolute atomic E-state index is 13.6. The largest absolute Gasteiger partial charge is 0.479 e. The lowest BCUT2D eigenvalue weighted by molar-refractivity contribution is -0.167. The first-order chi connectivity index (χ1) is 11.3. The zero-order valence-electron chi connectivity index (χ0n) is 13.5. The van der Waals surface area contributed by atoms with Gasteiger partial charge in [0.25, 0.3) is 0 Å². The van der Waals surface area contributed by atoms with E-state index >= 15 is 0 Å². The van der Waals surface area contributed by atoms with Crippen molar-refractivity contribution < 1.29 is 23.8 Å². The van der Waals surface area contributed by atoms with Gasteiger partial charge in [-0.3, -0.25) is 0 Å². The van der Waals surface area contributed by atoms with Gasteiger partial charge in [0.15, 0.2) is 5.60 Å². The van der Waals surface area contributed by atoms with Crippen molar-refractivity contribution in [3.8, 4) is 0 Å². The molecule has 1 heterocycles. The van der Waals surface area contributed by atoms with Gasteiger partial charge in [-0.15, -0.1) is 0 Å². The summed E-state index contributed by atoms with van der Waals surface area (Å²) in [5.41, 5.74) is -1.25. The number of carbonyl (C=O) groups is 1. The number of carboxylic acids is 1. The van der Waals surface area contributed by atoms with Crippen molar-refractivity contribution in [1.29, 1.82) is 0 Å². The van der Waals surface area contributed by atoms with Crippen LogP contribution in [0, 0.1) is 11.8 Å². The van der Waals surface area contributed by atoms with Gasteiger partial charge < -0.3 is 15.5 Å². The lowest BCUT2D eigenvalue weighted by atomic mass is 9.76. The van der Waals surface area contributed by atoms with E-state index in [0.717, 1.165) is 25.1 Å². The van der Waals surface area contributed by atoms with E-state index in [4.69, 9.17) is 0 Å². The third-order valence-electron chi connectivity index (χ3n) is 5.42. The van der Waals surface area contributed by atoms with E-state index in [1.165, 1.54) is 0 Å². The quantitative estimate of drug-likeness (QED) is 0.771. The summed E-state index contributed by atoms with van der Waals surface area (Å²) in [5.74, 6) is -4.96. The minimum Gasteiger partial charge on any atom is -0.479 e. The predicted molar refractivity (Wildman–Crippen MR) is 84.9 cm³/mol. The first-order valence-electron chi connectivity index (χ1n) is 8.45. The summed E-state index contributed by atoms with van der Waals surface area (Å²) in [6, 6.07) is 6.83. The Kier molecular flexibility index (Phi) is 4.62. The van der Waals surface area contributed by atoms with Crippen LogP contribution in [0.1, 0.15) is 36.8 Å². The summed E-state index contributed by atoms with van der Waals surface area (Å²) in [6.07, 6.45) is 0.676. The zero-order chi connectivity index (χ0) is 17.4. The number of nitrogens with one attached hydrogen (secondary N) is 1. The second-order valence-electron chi connectivity index (χ2n) is 7.09. The van der Waals surface area contributed by atoms with Gasteiger partial charge in [0.1, 0.15) is 0 Å². The topological polar surface area (TPSA) is 69.6 Å². The van der Waals surface area contributed by atoms with E-state index < -0.39 is 29.8 Å². The lowest BCUT2D eigenvalue weighted by Crippen LogP contribution is -2.43. The number of hydrogen-bond acceptors (Lipinski definition) is 3. The maximum Gasteiger partial charge on any atom is 0.340 e. The Balaban J connectivity index is 1.95. The minimum atomic E-state index is -2.90. The van der Waals surface area contributed by atoms with Crippen LogP contribution in [0.4, 0.5) is 8.78 Å². The average Bonchev–Trinajstić information content (AvgIpc) is 3.16. The molecule has 0 unspecified atom stereocenters. The second kappa shape index (κ2) is 6.41. The van der Waals surface area contributed by atoms with E-state index in [9.17, 15) is 23.8 Å². The van der Waals surface area contributed by atoms with Crippen molar-refractivity contribution in [3.63, 3.8) is 0 Å². The van der Waals surface area contributed by atoms with Gasteiger partial charge in [0, 0.05) is 18.8 Å². The van der Waals surface area contributed by atoms with E-state index in [2.05, 4.69) is 5.32 Å². The molecule has 2 aliphatic rings. The summed E-state index contributed by atoms with van der Waals surface area (Å²) in [6.45, 7) is 1.77. The number of halogens is 2. The van der Waals surface area contributed by atoms with Crippen molar-refractivity contribution in [3.05, 3.63) is 35.4 Å². The first-order valence-corrected chi connectivity index (χ1v) is 8.45. The Morgan fingerprint density at radius 3 is 2.67 bits per heavy atom. The zero-order valence-corrected chi connectivity index (χ0v) is 13.5. The molecule has 3 N–H and O–H groups in total. The van der Waals surface area contributed by atoms with Gasteiger partial charge >= 0.3 is 5.97 Å². The molecule has 4 nitrogen and oxygen atoms in total. The minimum absolute atomic E-state index is 0.00905. The fourth-order valence-corrected chi connectivity index (χ4v) is 4.09. The molecule has 132 valence electrons. The Morgan fingerprint density at radius 2 is 2.08 bits per heavy atom. The second-order valence-corrected chi connectivity index (χ2v) is 7.09. The number of aliphatic carboxylic acids is 1. The number of aliphatic hydroxyl groups is 1. The molecule has 0 amide bonds. The van der Waals surface area contributed by atoms with Crippen LogP contribution in [0.25, 0.3) is 0 Å². The molecule has 0 radical (unpaired) electrons. The highest BCUT2D eigenvalue weighted by molar-refractivity contribution is 5.80. The molecule has 1 saturated carbocycles. The smallest absolute Gasteiger partial charge is 0.340 e. The van der Waals surface area contributed by atoms with Crippen LogP contribution in [-0.2, 0) is 16.8 Å². The summed E-state index contributed by atoms with van der Waals surface area (Å²) < 4.78 is 27.2. The molecule has 1 saturated heterocycles.